The number of fused-ring (bicyclic) bond motifs is 2. The Morgan fingerprint density at radius 3 is 2.38 bits per heavy atom. The molecule has 0 saturated heterocycles. The second-order valence-corrected chi connectivity index (χ2v) is 8.62. The quantitative estimate of drug-likeness (QED) is 0.211. The van der Waals surface area contributed by atoms with E-state index in [4.69, 9.17) is 9.72 Å². The molecule has 0 aliphatic carbocycles. The minimum atomic E-state index is -0.486. The minimum absolute atomic E-state index is 0.0304. The van der Waals surface area contributed by atoms with Crippen molar-refractivity contribution in [2.24, 2.45) is 0 Å². The molecule has 5 rings (SSSR count). The molecule has 0 fully saturated rings. The van der Waals surface area contributed by atoms with Crippen molar-refractivity contribution in [2.75, 3.05) is 7.11 Å². The Hall–Kier alpha value is -4.37. The molecule has 0 aliphatic heterocycles. The molecule has 0 radical (unpaired) electrons. The van der Waals surface area contributed by atoms with E-state index in [0.29, 0.717) is 27.4 Å². The molecule has 0 bridgehead atoms. The molecular weight excluding hydrogens is 454 g/mol. The second kappa shape index (κ2) is 8.53. The van der Waals surface area contributed by atoms with E-state index >= 15 is 0 Å². The van der Waals surface area contributed by atoms with Crippen LogP contribution in [0.4, 0.5) is 5.69 Å². The molecule has 34 heavy (non-hydrogen) atoms. The Balaban J connectivity index is 1.78. The van der Waals surface area contributed by atoms with Crippen molar-refractivity contribution in [3.63, 3.8) is 0 Å². The van der Waals surface area contributed by atoms with Gasteiger partial charge in [0.05, 0.1) is 18.6 Å². The van der Waals surface area contributed by atoms with Crippen LogP contribution in [0.25, 0.3) is 31.7 Å². The number of hydrogen-bond acceptors (Lipinski definition) is 7. The molecule has 0 aliphatic rings. The van der Waals surface area contributed by atoms with Crippen molar-refractivity contribution in [1.29, 1.82) is 0 Å². The second-order valence-electron chi connectivity index (χ2n) is 7.59. The Labute approximate surface area is 196 Å². The zero-order valence-electron chi connectivity index (χ0n) is 17.9. The van der Waals surface area contributed by atoms with E-state index in [1.54, 1.807) is 43.5 Å². The molecule has 168 valence electrons. The smallest absolute Gasteiger partial charge is 0.269 e. The summed E-state index contributed by atoms with van der Waals surface area (Å²) in [4.78, 5) is 42.6. The van der Waals surface area contributed by atoms with Gasteiger partial charge in [-0.2, -0.15) is 0 Å². The number of benzene rings is 3. The third-order valence-corrected chi connectivity index (χ3v) is 6.60. The number of nitrogens with zero attached hydrogens (tertiary/aromatic N) is 3. The van der Waals surface area contributed by atoms with Crippen LogP contribution in [-0.4, -0.2) is 21.6 Å². The summed E-state index contributed by atoms with van der Waals surface area (Å²) in [7, 11) is 1.57. The molecule has 0 unspecified atom stereocenters. The van der Waals surface area contributed by atoms with Gasteiger partial charge in [0, 0.05) is 27.8 Å². The van der Waals surface area contributed by atoms with E-state index in [-0.39, 0.29) is 23.0 Å². The molecule has 3 aromatic carbocycles. The van der Waals surface area contributed by atoms with Crippen molar-refractivity contribution in [2.45, 2.75) is 6.54 Å². The molecule has 9 heteroatoms. The van der Waals surface area contributed by atoms with E-state index in [9.17, 15) is 19.7 Å². The average molecular weight is 471 g/mol. The van der Waals surface area contributed by atoms with Crippen LogP contribution >= 0.6 is 11.3 Å². The standard InChI is InChI=1S/C25H17N3O5S/c1-33-18-12-6-15(7-13-18)14-27-23(16-8-10-17(11-9-16)28(31)32)26-24-21(25(27)30)22(29)19-4-2-3-5-20(19)34-24/h2-13H,14H2,1H3. The highest BCUT2D eigenvalue weighted by Gasteiger charge is 2.18. The van der Waals surface area contributed by atoms with E-state index in [0.717, 1.165) is 10.3 Å². The lowest BCUT2D eigenvalue weighted by molar-refractivity contribution is -0.384. The number of aromatic nitrogens is 2. The lowest BCUT2D eigenvalue weighted by Gasteiger charge is -2.14. The Kier molecular flexibility index (Phi) is 5.39. The highest BCUT2D eigenvalue weighted by Crippen LogP contribution is 2.26. The van der Waals surface area contributed by atoms with Gasteiger partial charge in [-0.25, -0.2) is 4.98 Å². The van der Waals surface area contributed by atoms with E-state index in [1.807, 2.05) is 24.3 Å². The monoisotopic (exact) mass is 471 g/mol. The average Bonchev–Trinajstić information content (AvgIpc) is 2.86. The fourth-order valence-electron chi connectivity index (χ4n) is 3.80. The van der Waals surface area contributed by atoms with Crippen LogP contribution < -0.4 is 15.7 Å². The fraction of sp³-hybridized carbons (Fsp3) is 0.0800. The minimum Gasteiger partial charge on any atom is -0.497 e. The first-order valence-corrected chi connectivity index (χ1v) is 11.1. The van der Waals surface area contributed by atoms with Crippen LogP contribution in [0, 0.1) is 10.1 Å². The highest BCUT2D eigenvalue weighted by molar-refractivity contribution is 7.24. The van der Waals surface area contributed by atoms with Crippen LogP contribution in [0.15, 0.2) is 82.4 Å². The Bertz CT molecular complexity index is 1670. The van der Waals surface area contributed by atoms with Gasteiger partial charge in [0.1, 0.15) is 21.8 Å². The van der Waals surface area contributed by atoms with E-state index in [2.05, 4.69) is 0 Å². The van der Waals surface area contributed by atoms with Crippen molar-refractivity contribution in [3.8, 4) is 17.1 Å². The molecular formula is C25H17N3O5S. The van der Waals surface area contributed by atoms with Crippen LogP contribution in [0.3, 0.4) is 0 Å². The summed E-state index contributed by atoms with van der Waals surface area (Å²) >= 11 is 1.27. The normalized spacial score (nSPS) is 11.1. The SMILES string of the molecule is COc1ccc(Cn2c(-c3ccc([N+](=O)[O-])cc3)nc3sc4ccccc4c(=O)c3c2=O)cc1. The predicted molar refractivity (Wildman–Crippen MR) is 132 cm³/mol. The van der Waals surface area contributed by atoms with Gasteiger partial charge in [0.25, 0.3) is 11.2 Å². The molecule has 8 nitrogen and oxygen atoms in total. The number of nitro benzene ring substituents is 1. The lowest BCUT2D eigenvalue weighted by Crippen LogP contribution is -2.27. The van der Waals surface area contributed by atoms with Crippen molar-refractivity contribution >= 4 is 37.3 Å². The summed E-state index contributed by atoms with van der Waals surface area (Å²) in [6.07, 6.45) is 0. The first-order chi connectivity index (χ1) is 16.5. The molecule has 0 amide bonds. The molecule has 0 saturated carbocycles. The number of ether oxygens (including phenoxy) is 1. The van der Waals surface area contributed by atoms with Gasteiger partial charge in [0.15, 0.2) is 0 Å². The van der Waals surface area contributed by atoms with Gasteiger partial charge in [0.2, 0.25) is 5.43 Å². The summed E-state index contributed by atoms with van der Waals surface area (Å²) in [6, 6.07) is 20.2. The third-order valence-electron chi connectivity index (χ3n) is 5.54. The zero-order chi connectivity index (χ0) is 23.8. The van der Waals surface area contributed by atoms with Gasteiger partial charge < -0.3 is 4.74 Å². The van der Waals surface area contributed by atoms with Crippen LogP contribution in [0.2, 0.25) is 0 Å². The van der Waals surface area contributed by atoms with E-state index in [1.165, 1.54) is 28.0 Å². The summed E-state index contributed by atoms with van der Waals surface area (Å²) < 4.78 is 7.37. The van der Waals surface area contributed by atoms with Gasteiger partial charge >= 0.3 is 0 Å². The summed E-state index contributed by atoms with van der Waals surface area (Å²) in [5, 5.41) is 11.6. The molecule has 0 spiro atoms. The van der Waals surface area contributed by atoms with Crippen LogP contribution in [0.1, 0.15) is 5.56 Å². The van der Waals surface area contributed by atoms with Gasteiger partial charge in [-0.05, 0) is 42.0 Å². The first-order valence-electron chi connectivity index (χ1n) is 10.3. The predicted octanol–water partition coefficient (Wildman–Crippen LogP) is 4.60. The Morgan fingerprint density at radius 2 is 1.71 bits per heavy atom. The number of hydrogen-bond donors (Lipinski definition) is 0. The number of nitro groups is 1. The van der Waals surface area contributed by atoms with Gasteiger partial charge in [-0.1, -0.05) is 24.3 Å². The van der Waals surface area contributed by atoms with Crippen molar-refractivity contribution in [3.05, 3.63) is 109 Å². The van der Waals surface area contributed by atoms with Gasteiger partial charge in [-0.3, -0.25) is 24.3 Å². The third kappa shape index (κ3) is 3.71. The van der Waals surface area contributed by atoms with Crippen LogP contribution in [0.5, 0.6) is 5.75 Å². The van der Waals surface area contributed by atoms with Crippen molar-refractivity contribution in [1.82, 2.24) is 9.55 Å². The largest absolute Gasteiger partial charge is 0.497 e. The van der Waals surface area contributed by atoms with Crippen molar-refractivity contribution < 1.29 is 9.66 Å². The molecule has 2 aromatic heterocycles. The van der Waals surface area contributed by atoms with Crippen LogP contribution in [-0.2, 0) is 6.54 Å². The summed E-state index contributed by atoms with van der Waals surface area (Å²) in [5.41, 5.74) is 0.459. The highest BCUT2D eigenvalue weighted by atomic mass is 32.1. The molecule has 0 N–H and O–H groups in total. The summed E-state index contributed by atoms with van der Waals surface area (Å²) in [6.45, 7) is 0.162. The zero-order valence-corrected chi connectivity index (χ0v) is 18.7. The molecule has 2 heterocycles. The number of non-ortho nitro benzene ring substituents is 1. The maximum atomic E-state index is 13.7. The molecule has 0 atom stereocenters. The Morgan fingerprint density at radius 1 is 1.00 bits per heavy atom. The maximum Gasteiger partial charge on any atom is 0.269 e. The number of rotatable bonds is 5. The van der Waals surface area contributed by atoms with E-state index < -0.39 is 10.5 Å². The topological polar surface area (TPSA) is 104 Å². The summed E-state index contributed by atoms with van der Waals surface area (Å²) in [5.74, 6) is 1.01. The fourth-order valence-corrected chi connectivity index (χ4v) is 4.84. The van der Waals surface area contributed by atoms with Gasteiger partial charge in [-0.15, -0.1) is 11.3 Å². The molecule has 5 aromatic rings. The lowest BCUT2D eigenvalue weighted by atomic mass is 10.1. The first kappa shape index (κ1) is 21.5. The maximum absolute atomic E-state index is 13.7. The number of methoxy groups -OCH3 is 1.